The third-order valence-electron chi connectivity index (χ3n) is 5.16. The van der Waals surface area contributed by atoms with Crippen molar-refractivity contribution < 1.29 is 13.9 Å². The highest BCUT2D eigenvalue weighted by Gasteiger charge is 2.20. The molecule has 3 aromatic rings. The van der Waals surface area contributed by atoms with E-state index >= 15 is 0 Å². The van der Waals surface area contributed by atoms with Crippen LogP contribution in [0.5, 0.6) is 0 Å². The fraction of sp³-hybridized carbons (Fsp3) is 0.318. The summed E-state index contributed by atoms with van der Waals surface area (Å²) in [6.07, 6.45) is 5.56. The van der Waals surface area contributed by atoms with Gasteiger partial charge < -0.3 is 10.1 Å². The number of halogens is 2. The van der Waals surface area contributed by atoms with Crippen LogP contribution in [0.1, 0.15) is 42.4 Å². The number of nitrogens with one attached hydrogen (secondary N) is 1. The van der Waals surface area contributed by atoms with E-state index in [9.17, 15) is 9.18 Å². The molecular formula is C22H22ClFN4O2. The van der Waals surface area contributed by atoms with Crippen molar-refractivity contribution in [2.45, 2.75) is 39.3 Å². The molecule has 1 N–H and O–H groups in total. The number of ether oxygens (including phenoxy) is 1. The largest absolute Gasteiger partial charge is 0.356 e. The van der Waals surface area contributed by atoms with Gasteiger partial charge in [-0.15, -0.1) is 0 Å². The van der Waals surface area contributed by atoms with Crippen molar-refractivity contribution in [3.8, 4) is 0 Å². The van der Waals surface area contributed by atoms with E-state index in [1.54, 1.807) is 13.0 Å². The molecule has 0 radical (unpaired) electrons. The van der Waals surface area contributed by atoms with Crippen molar-refractivity contribution >= 4 is 40.2 Å². The molecule has 1 fully saturated rings. The van der Waals surface area contributed by atoms with Crippen LogP contribution in [0.2, 0.25) is 5.02 Å². The van der Waals surface area contributed by atoms with Crippen molar-refractivity contribution in [1.29, 1.82) is 0 Å². The maximum absolute atomic E-state index is 14.6. The van der Waals surface area contributed by atoms with Gasteiger partial charge in [-0.3, -0.25) is 9.78 Å². The molecule has 0 saturated carbocycles. The van der Waals surface area contributed by atoms with Crippen LogP contribution in [0.15, 0.2) is 36.3 Å². The average Bonchev–Trinajstić information content (AvgIpc) is 3.07. The summed E-state index contributed by atoms with van der Waals surface area (Å²) in [4.78, 5) is 16.4. The first kappa shape index (κ1) is 20.5. The van der Waals surface area contributed by atoms with Gasteiger partial charge in [0.25, 0.3) is 5.91 Å². The molecule has 0 bridgehead atoms. The fourth-order valence-electron chi connectivity index (χ4n) is 3.57. The number of nitrogens with zero attached hydrogens (tertiary/aromatic N) is 3. The molecule has 4 rings (SSSR count). The van der Waals surface area contributed by atoms with Gasteiger partial charge in [0.1, 0.15) is 0 Å². The van der Waals surface area contributed by atoms with Gasteiger partial charge in [-0.1, -0.05) is 23.7 Å². The van der Waals surface area contributed by atoms with Gasteiger partial charge in [0.15, 0.2) is 12.1 Å². The minimum atomic E-state index is -0.912. The second-order valence-corrected chi connectivity index (χ2v) is 7.80. The zero-order valence-corrected chi connectivity index (χ0v) is 17.5. The average molecular weight is 429 g/mol. The number of aromatic nitrogens is 3. The lowest BCUT2D eigenvalue weighted by atomic mass is 10.1. The first-order chi connectivity index (χ1) is 14.4. The minimum absolute atomic E-state index is 0.124. The molecule has 0 aliphatic carbocycles. The van der Waals surface area contributed by atoms with Gasteiger partial charge in [0.05, 0.1) is 27.6 Å². The summed E-state index contributed by atoms with van der Waals surface area (Å²) in [5, 5.41) is 8.47. The summed E-state index contributed by atoms with van der Waals surface area (Å²) in [7, 11) is 0. The van der Waals surface area contributed by atoms with Crippen molar-refractivity contribution in [2.24, 2.45) is 0 Å². The van der Waals surface area contributed by atoms with Gasteiger partial charge in [-0.05, 0) is 56.9 Å². The quantitative estimate of drug-likeness (QED) is 0.569. The summed E-state index contributed by atoms with van der Waals surface area (Å²) >= 11 is 5.91. The summed E-state index contributed by atoms with van der Waals surface area (Å²) in [5.41, 5.74) is 3.23. The predicted molar refractivity (Wildman–Crippen MR) is 115 cm³/mol. The molecule has 1 aliphatic rings. The maximum atomic E-state index is 14.6. The van der Waals surface area contributed by atoms with E-state index in [0.717, 1.165) is 35.9 Å². The van der Waals surface area contributed by atoms with Crippen LogP contribution in [0.25, 0.3) is 17.0 Å². The Balaban J connectivity index is 1.61. The Bertz CT molecular complexity index is 1140. The lowest BCUT2D eigenvalue weighted by molar-refractivity contribution is -0.114. The van der Waals surface area contributed by atoms with E-state index in [1.165, 1.54) is 18.3 Å². The van der Waals surface area contributed by atoms with Crippen LogP contribution in [-0.4, -0.2) is 27.3 Å². The molecule has 2 aromatic heterocycles. The molecule has 6 nitrogen and oxygen atoms in total. The first-order valence-corrected chi connectivity index (χ1v) is 10.2. The number of carbonyl (C=O) groups excluding carboxylic acids is 1. The third kappa shape index (κ3) is 4.22. The minimum Gasteiger partial charge on any atom is -0.356 e. The SMILES string of the molecule is Cc1ncc(Cl)cc1NC(=O)/C(F)=C/c1ccc2c(C)nn(C3CCCCO3)c2c1. The van der Waals surface area contributed by atoms with Gasteiger partial charge in [0.2, 0.25) is 0 Å². The van der Waals surface area contributed by atoms with Crippen LogP contribution in [0.4, 0.5) is 10.1 Å². The van der Waals surface area contributed by atoms with Gasteiger partial charge in [-0.2, -0.15) is 5.10 Å². The molecule has 1 atom stereocenters. The molecule has 1 aromatic carbocycles. The van der Waals surface area contributed by atoms with Crippen LogP contribution in [0.3, 0.4) is 0 Å². The lowest BCUT2D eigenvalue weighted by Gasteiger charge is -2.23. The van der Waals surface area contributed by atoms with Gasteiger partial charge in [-0.25, -0.2) is 9.07 Å². The number of carbonyl (C=O) groups is 1. The zero-order valence-electron chi connectivity index (χ0n) is 16.8. The Morgan fingerprint density at radius 1 is 1.30 bits per heavy atom. The summed E-state index contributed by atoms with van der Waals surface area (Å²) in [6, 6.07) is 7.01. The van der Waals surface area contributed by atoms with E-state index in [2.05, 4.69) is 15.4 Å². The molecule has 1 aliphatic heterocycles. The molecule has 1 unspecified atom stereocenters. The number of amides is 1. The Morgan fingerprint density at radius 3 is 2.90 bits per heavy atom. The van der Waals surface area contributed by atoms with Gasteiger partial charge >= 0.3 is 0 Å². The number of rotatable bonds is 4. The summed E-state index contributed by atoms with van der Waals surface area (Å²) in [5.74, 6) is -1.77. The Morgan fingerprint density at radius 2 is 2.13 bits per heavy atom. The fourth-order valence-corrected chi connectivity index (χ4v) is 3.73. The monoisotopic (exact) mass is 428 g/mol. The highest BCUT2D eigenvalue weighted by molar-refractivity contribution is 6.30. The molecule has 1 amide bonds. The standard InChI is InChI=1S/C22H22ClFN4O2/c1-13-17-7-6-15(10-20(17)28(27-13)21-5-3-4-8-30-21)9-18(24)22(29)26-19-11-16(23)12-25-14(19)2/h6-7,9-12,21H,3-5,8H2,1-2H3,(H,26,29)/b18-9-. The number of fused-ring (bicyclic) bond motifs is 1. The Labute approximate surface area is 178 Å². The molecule has 156 valence electrons. The molecule has 0 spiro atoms. The van der Waals surface area contributed by atoms with E-state index in [0.29, 0.717) is 28.6 Å². The third-order valence-corrected chi connectivity index (χ3v) is 5.36. The molecular weight excluding hydrogens is 407 g/mol. The second kappa shape index (κ2) is 8.53. The zero-order chi connectivity index (χ0) is 21.3. The molecule has 3 heterocycles. The van der Waals surface area contributed by atoms with Crippen LogP contribution < -0.4 is 5.32 Å². The Kier molecular flexibility index (Phi) is 5.83. The van der Waals surface area contributed by atoms with Crippen molar-refractivity contribution in [3.63, 3.8) is 0 Å². The van der Waals surface area contributed by atoms with Crippen LogP contribution in [0, 0.1) is 13.8 Å². The van der Waals surface area contributed by atoms with Crippen molar-refractivity contribution in [3.05, 3.63) is 58.3 Å². The topological polar surface area (TPSA) is 69.0 Å². The highest BCUT2D eigenvalue weighted by atomic mass is 35.5. The van der Waals surface area contributed by atoms with Crippen molar-refractivity contribution in [1.82, 2.24) is 14.8 Å². The highest BCUT2D eigenvalue weighted by Crippen LogP contribution is 2.29. The number of benzene rings is 1. The number of anilines is 1. The van der Waals surface area contributed by atoms with E-state index in [1.807, 2.05) is 23.7 Å². The number of hydrogen-bond donors (Lipinski definition) is 1. The molecule has 1 saturated heterocycles. The van der Waals surface area contributed by atoms with Gasteiger partial charge in [0, 0.05) is 18.2 Å². The molecule has 30 heavy (non-hydrogen) atoms. The van der Waals surface area contributed by atoms with E-state index < -0.39 is 11.7 Å². The van der Waals surface area contributed by atoms with Crippen LogP contribution in [-0.2, 0) is 9.53 Å². The van der Waals surface area contributed by atoms with Crippen molar-refractivity contribution in [2.75, 3.05) is 11.9 Å². The lowest BCUT2D eigenvalue weighted by Crippen LogP contribution is -2.19. The summed E-state index contributed by atoms with van der Waals surface area (Å²) < 4.78 is 22.3. The number of pyridine rings is 1. The number of aryl methyl sites for hydroxylation is 2. The first-order valence-electron chi connectivity index (χ1n) is 9.83. The summed E-state index contributed by atoms with van der Waals surface area (Å²) in [6.45, 7) is 4.35. The Hall–Kier alpha value is -2.77. The number of hydrogen-bond acceptors (Lipinski definition) is 4. The van der Waals surface area contributed by atoms with E-state index in [4.69, 9.17) is 16.3 Å². The molecule has 8 heteroatoms. The predicted octanol–water partition coefficient (Wildman–Crippen LogP) is 5.35. The van der Waals surface area contributed by atoms with E-state index in [-0.39, 0.29) is 6.23 Å². The smallest absolute Gasteiger partial charge is 0.284 e. The van der Waals surface area contributed by atoms with Crippen LogP contribution >= 0.6 is 11.6 Å². The maximum Gasteiger partial charge on any atom is 0.284 e. The second-order valence-electron chi connectivity index (χ2n) is 7.36. The normalized spacial score (nSPS) is 17.3.